The summed E-state index contributed by atoms with van der Waals surface area (Å²) in [6.45, 7) is 5.30. The third-order valence-electron chi connectivity index (χ3n) is 4.57. The third kappa shape index (κ3) is 3.72. The Hall–Kier alpha value is -2.44. The lowest BCUT2D eigenvalue weighted by molar-refractivity contribution is -0.140. The van der Waals surface area contributed by atoms with Gasteiger partial charge in [-0.3, -0.25) is 14.4 Å². The van der Waals surface area contributed by atoms with Gasteiger partial charge in [-0.15, -0.1) is 0 Å². The molecule has 1 aliphatic heterocycles. The first-order valence-electron chi connectivity index (χ1n) is 7.75. The van der Waals surface area contributed by atoms with Gasteiger partial charge in [0.1, 0.15) is 5.82 Å². The van der Waals surface area contributed by atoms with E-state index in [0.717, 1.165) is 0 Å². The van der Waals surface area contributed by atoms with Gasteiger partial charge in [-0.25, -0.2) is 4.39 Å². The van der Waals surface area contributed by atoms with E-state index in [0.29, 0.717) is 5.56 Å². The molecule has 2 rings (SSSR count). The number of carboxylic acids is 1. The Labute approximate surface area is 139 Å². The van der Waals surface area contributed by atoms with Gasteiger partial charge in [0.15, 0.2) is 0 Å². The first-order chi connectivity index (χ1) is 11.1. The van der Waals surface area contributed by atoms with Crippen LogP contribution in [0.1, 0.15) is 45.1 Å². The molecule has 1 aliphatic rings. The molecule has 0 fully saturated rings. The molecule has 6 nitrogen and oxygen atoms in total. The number of rotatable bonds is 5. The number of anilines is 1. The van der Waals surface area contributed by atoms with Gasteiger partial charge in [-0.2, -0.15) is 0 Å². The number of amides is 2. The Kier molecular flexibility index (Phi) is 4.91. The molecule has 24 heavy (non-hydrogen) atoms. The van der Waals surface area contributed by atoms with E-state index in [4.69, 9.17) is 5.11 Å². The molecule has 3 N–H and O–H groups in total. The molecule has 0 spiro atoms. The minimum atomic E-state index is -1.02. The van der Waals surface area contributed by atoms with Crippen LogP contribution in [0.3, 0.4) is 0 Å². The summed E-state index contributed by atoms with van der Waals surface area (Å²) >= 11 is 0. The summed E-state index contributed by atoms with van der Waals surface area (Å²) in [4.78, 5) is 35.6. The summed E-state index contributed by atoms with van der Waals surface area (Å²) in [6, 6.07) is 3.87. The Bertz CT molecular complexity index is 689. The van der Waals surface area contributed by atoms with Crippen molar-refractivity contribution in [3.63, 3.8) is 0 Å². The van der Waals surface area contributed by atoms with Crippen molar-refractivity contribution in [2.24, 2.45) is 5.92 Å². The zero-order chi connectivity index (χ0) is 18.1. The van der Waals surface area contributed by atoms with E-state index in [1.54, 1.807) is 6.92 Å². The Balaban J connectivity index is 2.29. The minimum Gasteiger partial charge on any atom is -0.481 e. The molecule has 130 valence electrons. The van der Waals surface area contributed by atoms with Crippen LogP contribution in [-0.2, 0) is 14.4 Å². The zero-order valence-corrected chi connectivity index (χ0v) is 13.9. The van der Waals surface area contributed by atoms with Crippen molar-refractivity contribution in [2.75, 3.05) is 5.32 Å². The molecule has 2 atom stereocenters. The number of hydrogen-bond donors (Lipinski definition) is 3. The molecule has 1 aromatic carbocycles. The highest BCUT2D eigenvalue weighted by atomic mass is 19.1. The molecule has 0 saturated heterocycles. The second-order valence-corrected chi connectivity index (χ2v) is 6.67. The van der Waals surface area contributed by atoms with E-state index < -0.39 is 29.2 Å². The fraction of sp³-hybridized carbons (Fsp3) is 0.471. The molecule has 1 aromatic rings. The summed E-state index contributed by atoms with van der Waals surface area (Å²) < 4.78 is 13.4. The Morgan fingerprint density at radius 2 is 2.12 bits per heavy atom. The van der Waals surface area contributed by atoms with Crippen LogP contribution in [-0.4, -0.2) is 28.4 Å². The van der Waals surface area contributed by atoms with Crippen molar-refractivity contribution in [2.45, 2.75) is 45.1 Å². The summed E-state index contributed by atoms with van der Waals surface area (Å²) in [5.41, 5.74) is -0.150. The lowest BCUT2D eigenvalue weighted by Gasteiger charge is -2.36. The van der Waals surface area contributed by atoms with E-state index in [1.165, 1.54) is 18.2 Å². The molecule has 2 amide bonds. The molecule has 2 unspecified atom stereocenters. The number of nitrogens with one attached hydrogen (secondary N) is 2. The minimum absolute atomic E-state index is 0.0638. The van der Waals surface area contributed by atoms with Crippen molar-refractivity contribution in [1.82, 2.24) is 5.32 Å². The summed E-state index contributed by atoms with van der Waals surface area (Å²) in [7, 11) is 0. The van der Waals surface area contributed by atoms with E-state index in [-0.39, 0.29) is 30.4 Å². The van der Waals surface area contributed by atoms with Crippen molar-refractivity contribution in [3.05, 3.63) is 29.6 Å². The normalized spacial score (nSPS) is 19.2. The fourth-order valence-corrected chi connectivity index (χ4v) is 2.75. The molecule has 0 bridgehead atoms. The van der Waals surface area contributed by atoms with Gasteiger partial charge in [0.05, 0.1) is 12.3 Å². The second-order valence-electron chi connectivity index (χ2n) is 6.67. The summed E-state index contributed by atoms with van der Waals surface area (Å²) in [6.07, 6.45) is -0.294. The molecule has 7 heteroatoms. The van der Waals surface area contributed by atoms with Crippen molar-refractivity contribution < 1.29 is 23.9 Å². The summed E-state index contributed by atoms with van der Waals surface area (Å²) in [5, 5.41) is 14.4. The van der Waals surface area contributed by atoms with Gasteiger partial charge < -0.3 is 15.7 Å². The van der Waals surface area contributed by atoms with Gasteiger partial charge >= 0.3 is 5.97 Å². The highest BCUT2D eigenvalue weighted by molar-refractivity contribution is 6.01. The first-order valence-corrected chi connectivity index (χ1v) is 7.75. The highest BCUT2D eigenvalue weighted by Crippen LogP contribution is 2.34. The molecule has 0 radical (unpaired) electrons. The van der Waals surface area contributed by atoms with Crippen LogP contribution in [0, 0.1) is 11.7 Å². The van der Waals surface area contributed by atoms with E-state index in [1.807, 2.05) is 13.8 Å². The SMILES string of the molecule is CC(C)C(C)(CC(=O)O)NC(=O)C1CC(=O)Nc2cc(F)ccc21. The summed E-state index contributed by atoms with van der Waals surface area (Å²) in [5.74, 6) is -3.24. The van der Waals surface area contributed by atoms with Crippen LogP contribution in [0.15, 0.2) is 18.2 Å². The van der Waals surface area contributed by atoms with Gasteiger partial charge in [0.2, 0.25) is 11.8 Å². The largest absolute Gasteiger partial charge is 0.481 e. The topological polar surface area (TPSA) is 95.5 Å². The Morgan fingerprint density at radius 1 is 1.46 bits per heavy atom. The number of benzene rings is 1. The number of hydrogen-bond acceptors (Lipinski definition) is 3. The average Bonchev–Trinajstić information content (AvgIpc) is 2.44. The third-order valence-corrected chi connectivity index (χ3v) is 4.57. The van der Waals surface area contributed by atoms with Crippen LogP contribution < -0.4 is 10.6 Å². The average molecular weight is 336 g/mol. The van der Waals surface area contributed by atoms with Gasteiger partial charge in [0.25, 0.3) is 0 Å². The molecule has 1 heterocycles. The van der Waals surface area contributed by atoms with Crippen LogP contribution in [0.2, 0.25) is 0 Å². The number of fused-ring (bicyclic) bond motifs is 1. The lowest BCUT2D eigenvalue weighted by atomic mass is 9.83. The van der Waals surface area contributed by atoms with E-state index in [2.05, 4.69) is 10.6 Å². The van der Waals surface area contributed by atoms with Crippen LogP contribution >= 0.6 is 0 Å². The first kappa shape index (κ1) is 17.9. The fourth-order valence-electron chi connectivity index (χ4n) is 2.75. The van der Waals surface area contributed by atoms with Crippen molar-refractivity contribution in [1.29, 1.82) is 0 Å². The maximum Gasteiger partial charge on any atom is 0.305 e. The van der Waals surface area contributed by atoms with Crippen molar-refractivity contribution >= 4 is 23.5 Å². The molecule has 0 aliphatic carbocycles. The van der Waals surface area contributed by atoms with E-state index in [9.17, 15) is 18.8 Å². The molecular formula is C17H21FN2O4. The molecule has 0 saturated carbocycles. The van der Waals surface area contributed by atoms with Crippen LogP contribution in [0.4, 0.5) is 10.1 Å². The standard InChI is InChI=1S/C17H21FN2O4/c1-9(2)17(3,8-15(22)23)20-16(24)12-7-14(21)19-13-6-10(18)4-5-11(12)13/h4-6,9,12H,7-8H2,1-3H3,(H,19,21)(H,20,24)(H,22,23). The molecular weight excluding hydrogens is 315 g/mol. The molecule has 0 aromatic heterocycles. The predicted molar refractivity (Wildman–Crippen MR) is 86.0 cm³/mol. The van der Waals surface area contributed by atoms with Crippen LogP contribution in [0.5, 0.6) is 0 Å². The quantitative estimate of drug-likeness (QED) is 0.768. The smallest absolute Gasteiger partial charge is 0.305 e. The zero-order valence-electron chi connectivity index (χ0n) is 13.9. The number of aliphatic carboxylic acids is 1. The highest BCUT2D eigenvalue weighted by Gasteiger charge is 2.37. The number of carbonyl (C=O) groups excluding carboxylic acids is 2. The predicted octanol–water partition coefficient (Wildman–Crippen LogP) is 2.26. The van der Waals surface area contributed by atoms with Gasteiger partial charge in [-0.1, -0.05) is 19.9 Å². The number of carboxylic acid groups (broad SMARTS) is 1. The van der Waals surface area contributed by atoms with Gasteiger partial charge in [0, 0.05) is 17.6 Å². The van der Waals surface area contributed by atoms with E-state index >= 15 is 0 Å². The van der Waals surface area contributed by atoms with Gasteiger partial charge in [-0.05, 0) is 30.5 Å². The van der Waals surface area contributed by atoms with Crippen LogP contribution in [0.25, 0.3) is 0 Å². The maximum atomic E-state index is 13.4. The monoisotopic (exact) mass is 336 g/mol. The second kappa shape index (κ2) is 6.59. The maximum absolute atomic E-state index is 13.4. The Morgan fingerprint density at radius 3 is 2.71 bits per heavy atom. The number of halogens is 1. The lowest BCUT2D eigenvalue weighted by Crippen LogP contribution is -2.53. The number of carbonyl (C=O) groups is 3. The van der Waals surface area contributed by atoms with Crippen molar-refractivity contribution in [3.8, 4) is 0 Å².